The van der Waals surface area contributed by atoms with Gasteiger partial charge in [0.25, 0.3) is 0 Å². The van der Waals surface area contributed by atoms with E-state index in [-0.39, 0.29) is 47.0 Å². The predicted molar refractivity (Wildman–Crippen MR) is 162 cm³/mol. The van der Waals surface area contributed by atoms with Gasteiger partial charge in [0.05, 0.1) is 24.0 Å². The average molecular weight is 622 g/mol. The Labute approximate surface area is 258 Å². The summed E-state index contributed by atoms with van der Waals surface area (Å²) in [5.41, 5.74) is -0.0290. The van der Waals surface area contributed by atoms with E-state index in [0.29, 0.717) is 66.4 Å². The van der Waals surface area contributed by atoms with Crippen LogP contribution in [0.4, 0.5) is 19.0 Å². The topological polar surface area (TPSA) is 101 Å². The highest BCUT2D eigenvalue weighted by Gasteiger charge is 2.49. The van der Waals surface area contributed by atoms with Crippen LogP contribution in [0.2, 0.25) is 0 Å². The van der Waals surface area contributed by atoms with Gasteiger partial charge in [0, 0.05) is 37.8 Å². The molecular formula is C33H34F3N5O4. The number of fused-ring (bicyclic) bond motifs is 3. The Kier molecular flexibility index (Phi) is 7.42. The van der Waals surface area contributed by atoms with Crippen LogP contribution >= 0.6 is 0 Å². The molecule has 3 atom stereocenters. The van der Waals surface area contributed by atoms with Crippen LogP contribution in [-0.4, -0.2) is 82.5 Å². The van der Waals surface area contributed by atoms with Crippen molar-refractivity contribution < 1.29 is 32.5 Å². The zero-order chi connectivity index (χ0) is 31.5. The number of benzene rings is 2. The normalized spacial score (nSPS) is 23.3. The summed E-state index contributed by atoms with van der Waals surface area (Å²) >= 11 is 0. The van der Waals surface area contributed by atoms with Gasteiger partial charge in [-0.2, -0.15) is 9.97 Å². The minimum absolute atomic E-state index is 0.0666. The largest absolute Gasteiger partial charge is 0.508 e. The van der Waals surface area contributed by atoms with Crippen molar-refractivity contribution in [3.05, 3.63) is 47.7 Å². The maximum atomic E-state index is 16.7. The van der Waals surface area contributed by atoms with Crippen LogP contribution in [0.25, 0.3) is 32.9 Å². The number of methoxy groups -OCH3 is 1. The number of nitrogens with zero attached hydrogens (tertiary/aromatic N) is 5. The van der Waals surface area contributed by atoms with E-state index in [4.69, 9.17) is 9.47 Å². The first-order chi connectivity index (χ1) is 21.7. The van der Waals surface area contributed by atoms with Gasteiger partial charge in [-0.05, 0) is 66.8 Å². The zero-order valence-corrected chi connectivity index (χ0v) is 25.2. The van der Waals surface area contributed by atoms with E-state index >= 15 is 4.39 Å². The highest BCUT2D eigenvalue weighted by atomic mass is 19.1. The molecule has 236 valence electrons. The van der Waals surface area contributed by atoms with E-state index in [0.717, 1.165) is 19.4 Å². The maximum Gasteiger partial charge on any atom is 0.319 e. The molecule has 2 aromatic heterocycles. The number of aromatic hydroxyl groups is 1. The number of anilines is 1. The van der Waals surface area contributed by atoms with Crippen LogP contribution in [0.5, 0.6) is 11.8 Å². The molecule has 3 aliphatic heterocycles. The predicted octanol–water partition coefficient (Wildman–Crippen LogP) is 5.35. The summed E-state index contributed by atoms with van der Waals surface area (Å²) in [6, 6.07) is 5.68. The number of pyridine rings is 1. The van der Waals surface area contributed by atoms with E-state index < -0.39 is 23.3 Å². The first-order valence-electron chi connectivity index (χ1n) is 15.4. The van der Waals surface area contributed by atoms with Gasteiger partial charge in [-0.25, -0.2) is 13.2 Å². The lowest BCUT2D eigenvalue weighted by Gasteiger charge is -2.31. The Morgan fingerprint density at radius 3 is 2.82 bits per heavy atom. The highest BCUT2D eigenvalue weighted by molar-refractivity contribution is 6.01. The molecule has 3 fully saturated rings. The van der Waals surface area contributed by atoms with Crippen molar-refractivity contribution in [3.8, 4) is 23.0 Å². The van der Waals surface area contributed by atoms with Crippen LogP contribution in [0.3, 0.4) is 0 Å². The molecule has 4 aromatic rings. The summed E-state index contributed by atoms with van der Waals surface area (Å²) in [4.78, 5) is 29.9. The Morgan fingerprint density at radius 1 is 1.18 bits per heavy atom. The molecular weight excluding hydrogens is 587 g/mol. The quantitative estimate of drug-likeness (QED) is 0.274. The lowest BCUT2D eigenvalue weighted by Crippen LogP contribution is -2.43. The van der Waals surface area contributed by atoms with Crippen LogP contribution in [-0.2, 0) is 16.0 Å². The lowest BCUT2D eigenvalue weighted by molar-refractivity contribution is -0.144. The van der Waals surface area contributed by atoms with Crippen molar-refractivity contribution in [2.75, 3.05) is 44.8 Å². The molecule has 0 amide bonds. The summed E-state index contributed by atoms with van der Waals surface area (Å²) in [6.07, 6.45) is 3.45. The molecule has 1 unspecified atom stereocenters. The molecule has 0 bridgehead atoms. The summed E-state index contributed by atoms with van der Waals surface area (Å²) < 4.78 is 57.2. The van der Waals surface area contributed by atoms with E-state index in [2.05, 4.69) is 19.9 Å². The van der Waals surface area contributed by atoms with Crippen molar-refractivity contribution in [2.24, 2.45) is 5.92 Å². The number of aryl methyl sites for hydroxylation is 1. The van der Waals surface area contributed by atoms with Gasteiger partial charge in [0.1, 0.15) is 41.4 Å². The number of alkyl halides is 1. The van der Waals surface area contributed by atoms with Crippen LogP contribution < -0.4 is 9.64 Å². The van der Waals surface area contributed by atoms with Crippen molar-refractivity contribution in [2.45, 2.75) is 50.7 Å². The smallest absolute Gasteiger partial charge is 0.319 e. The van der Waals surface area contributed by atoms with E-state index in [9.17, 15) is 18.7 Å². The van der Waals surface area contributed by atoms with Crippen LogP contribution in [0.1, 0.15) is 38.2 Å². The minimum Gasteiger partial charge on any atom is -0.508 e. The average Bonchev–Trinajstić information content (AvgIpc) is 3.74. The van der Waals surface area contributed by atoms with Gasteiger partial charge in [-0.1, -0.05) is 13.0 Å². The summed E-state index contributed by atoms with van der Waals surface area (Å²) in [5.74, 6) is -1.70. The fourth-order valence-corrected chi connectivity index (χ4v) is 7.51. The second-order valence-electron chi connectivity index (χ2n) is 12.3. The van der Waals surface area contributed by atoms with Gasteiger partial charge in [0.2, 0.25) is 0 Å². The molecule has 0 radical (unpaired) electrons. The van der Waals surface area contributed by atoms with Crippen LogP contribution in [0, 0.1) is 17.6 Å². The number of hydrogen-bond donors (Lipinski definition) is 1. The Bertz CT molecular complexity index is 1820. The molecule has 0 saturated carbocycles. The molecule has 12 heteroatoms. The van der Waals surface area contributed by atoms with Crippen molar-refractivity contribution in [1.29, 1.82) is 0 Å². The fourth-order valence-electron chi connectivity index (χ4n) is 7.51. The minimum atomic E-state index is -0.942. The zero-order valence-electron chi connectivity index (χ0n) is 25.2. The van der Waals surface area contributed by atoms with Gasteiger partial charge in [0.15, 0.2) is 5.82 Å². The number of phenols is 1. The number of hydrogen-bond acceptors (Lipinski definition) is 9. The number of rotatable bonds is 7. The number of halogens is 3. The number of ether oxygens (including phenoxy) is 2. The number of carbonyl (C=O) groups is 1. The monoisotopic (exact) mass is 621 g/mol. The molecule has 0 aliphatic carbocycles. The number of esters is 1. The Hall–Kier alpha value is -4.19. The third-order valence-electron chi connectivity index (χ3n) is 9.66. The summed E-state index contributed by atoms with van der Waals surface area (Å²) in [5, 5.41) is 11.8. The SMILES string of the molecule is CCc1c(F)ccc2cc(O)cc(-c3ncc4c(N5CCC(C(=O)OC)C5)nc(OC[C@@]56CCCN5C[C@H](F)C6)nc4c3F)c12. The van der Waals surface area contributed by atoms with Crippen molar-refractivity contribution >= 4 is 33.5 Å². The number of carbonyl (C=O) groups excluding carboxylic acids is 1. The number of phenolic OH excluding ortho intramolecular Hbond substituents is 1. The highest BCUT2D eigenvalue weighted by Crippen LogP contribution is 2.42. The first kappa shape index (κ1) is 29.5. The fraction of sp³-hybridized carbons (Fsp3) is 0.455. The van der Waals surface area contributed by atoms with E-state index in [1.54, 1.807) is 13.0 Å². The first-order valence-corrected chi connectivity index (χ1v) is 15.4. The second kappa shape index (κ2) is 11.3. The molecule has 3 aliphatic rings. The maximum absolute atomic E-state index is 16.7. The Balaban J connectivity index is 1.36. The molecule has 7 rings (SSSR count). The van der Waals surface area contributed by atoms with E-state index in [1.807, 2.05) is 4.90 Å². The third kappa shape index (κ3) is 4.99. The molecule has 45 heavy (non-hydrogen) atoms. The number of aromatic nitrogens is 3. The third-order valence-corrected chi connectivity index (χ3v) is 9.66. The Morgan fingerprint density at radius 2 is 2.02 bits per heavy atom. The molecule has 9 nitrogen and oxygen atoms in total. The van der Waals surface area contributed by atoms with Gasteiger partial charge < -0.3 is 19.5 Å². The second-order valence-corrected chi connectivity index (χ2v) is 12.3. The van der Waals surface area contributed by atoms with Gasteiger partial charge >= 0.3 is 12.0 Å². The molecule has 0 spiro atoms. The molecule has 1 N–H and O–H groups in total. The van der Waals surface area contributed by atoms with Gasteiger partial charge in [-0.3, -0.25) is 14.7 Å². The van der Waals surface area contributed by atoms with Crippen LogP contribution in [0.15, 0.2) is 30.5 Å². The lowest BCUT2D eigenvalue weighted by atomic mass is 9.94. The van der Waals surface area contributed by atoms with E-state index in [1.165, 1.54) is 31.5 Å². The molecule has 5 heterocycles. The molecule has 2 aromatic carbocycles. The summed E-state index contributed by atoms with van der Waals surface area (Å²) in [6.45, 7) is 3.88. The van der Waals surface area contributed by atoms with Gasteiger partial charge in [-0.15, -0.1) is 0 Å². The van der Waals surface area contributed by atoms with Crippen molar-refractivity contribution in [1.82, 2.24) is 19.9 Å². The standard InChI is InChI=1S/C33H34F3N5O4/c1-3-22-25(35)6-5-18-11-21(42)12-23(26(18)22)28-27(36)29-24(14-37-28)30(40-10-7-19(15-40)31(43)44-2)39-32(38-29)45-17-33-8-4-9-41(33)16-20(34)13-33/h5-6,11-12,14,19-20,42H,3-4,7-10,13,15-17H2,1-2H3/t19?,20-,33+/m1/s1. The molecule has 3 saturated heterocycles. The van der Waals surface area contributed by atoms with Crippen molar-refractivity contribution in [3.63, 3.8) is 0 Å². The summed E-state index contributed by atoms with van der Waals surface area (Å²) in [7, 11) is 1.34.